The average molecular weight is 349 g/mol. The number of anilines is 1. The molecule has 0 saturated heterocycles. The number of carbonyl (C=O) groups excluding carboxylic acids is 1. The lowest BCUT2D eigenvalue weighted by atomic mass is 10.1. The van der Waals surface area contributed by atoms with E-state index in [2.05, 4.69) is 10.4 Å². The summed E-state index contributed by atoms with van der Waals surface area (Å²) in [5.41, 5.74) is 0.547. The number of hydrogen-bond acceptors (Lipinski definition) is 2. The number of benzene rings is 2. The second kappa shape index (κ2) is 6.39. The molecule has 0 aliphatic carbocycles. The Morgan fingerprint density at radius 3 is 2.36 bits per heavy atom. The zero-order valence-corrected chi connectivity index (χ0v) is 12.9. The summed E-state index contributed by atoms with van der Waals surface area (Å²) in [6, 6.07) is 8.54. The topological polar surface area (TPSA) is 46.9 Å². The van der Waals surface area contributed by atoms with Crippen LogP contribution in [0.1, 0.15) is 10.5 Å². The minimum Gasteiger partial charge on any atom is -0.318 e. The molecule has 0 spiro atoms. The molecule has 0 saturated carbocycles. The van der Waals surface area contributed by atoms with Crippen molar-refractivity contribution in [2.75, 3.05) is 5.32 Å². The fraction of sp³-hybridized carbons (Fsp3) is 0.0588. The van der Waals surface area contributed by atoms with Gasteiger partial charge in [0.2, 0.25) is 0 Å². The maximum Gasteiger partial charge on any atom is 0.274 e. The third kappa shape index (κ3) is 3.23. The van der Waals surface area contributed by atoms with E-state index >= 15 is 0 Å². The van der Waals surface area contributed by atoms with E-state index in [-0.39, 0.29) is 5.69 Å². The zero-order chi connectivity index (χ0) is 18.1. The average Bonchev–Trinajstić information content (AvgIpc) is 2.98. The van der Waals surface area contributed by atoms with Crippen LogP contribution >= 0.6 is 0 Å². The summed E-state index contributed by atoms with van der Waals surface area (Å²) in [4.78, 5) is 12.3. The first-order valence-electron chi connectivity index (χ1n) is 7.11. The van der Waals surface area contributed by atoms with Crippen molar-refractivity contribution in [2.24, 2.45) is 7.05 Å². The van der Waals surface area contributed by atoms with Crippen LogP contribution in [0.5, 0.6) is 0 Å². The number of amides is 1. The van der Waals surface area contributed by atoms with E-state index in [1.165, 1.54) is 42.1 Å². The predicted molar refractivity (Wildman–Crippen MR) is 82.9 cm³/mol. The number of hydrogen-bond donors (Lipinski definition) is 1. The highest BCUT2D eigenvalue weighted by Gasteiger charge is 2.19. The molecule has 3 rings (SSSR count). The number of nitrogens with zero attached hydrogens (tertiary/aromatic N) is 2. The Hall–Kier alpha value is -3.16. The van der Waals surface area contributed by atoms with Gasteiger partial charge in [-0.15, -0.1) is 0 Å². The van der Waals surface area contributed by atoms with E-state index in [0.29, 0.717) is 17.3 Å². The monoisotopic (exact) mass is 349 g/mol. The van der Waals surface area contributed by atoms with Gasteiger partial charge in [-0.3, -0.25) is 9.48 Å². The van der Waals surface area contributed by atoms with Gasteiger partial charge in [0, 0.05) is 12.6 Å². The Balaban J connectivity index is 1.88. The van der Waals surface area contributed by atoms with Gasteiger partial charge >= 0.3 is 0 Å². The Bertz CT molecular complexity index is 951. The molecule has 3 aromatic rings. The number of aryl methyl sites for hydroxylation is 1. The van der Waals surface area contributed by atoms with Crippen LogP contribution < -0.4 is 5.32 Å². The molecule has 0 radical (unpaired) electrons. The predicted octanol–water partition coefficient (Wildman–Crippen LogP) is 3.90. The SMILES string of the molecule is Cn1nc(-c2ccc(F)cc2)cc1C(=O)Nc1ccc(F)c(F)c1F. The Labute approximate surface area is 139 Å². The molecule has 0 aliphatic heterocycles. The number of aromatic nitrogens is 2. The molecule has 0 atom stereocenters. The molecule has 1 aromatic heterocycles. The van der Waals surface area contributed by atoms with Crippen LogP contribution in [0.4, 0.5) is 23.2 Å². The summed E-state index contributed by atoms with van der Waals surface area (Å²) < 4.78 is 54.0. The maximum atomic E-state index is 13.7. The van der Waals surface area contributed by atoms with Crippen molar-refractivity contribution in [1.82, 2.24) is 9.78 Å². The fourth-order valence-corrected chi connectivity index (χ4v) is 2.25. The number of carbonyl (C=O) groups is 1. The molecule has 0 aliphatic rings. The highest BCUT2D eigenvalue weighted by atomic mass is 19.2. The van der Waals surface area contributed by atoms with Crippen LogP contribution in [0, 0.1) is 23.3 Å². The summed E-state index contributed by atoms with van der Waals surface area (Å²) in [5, 5.41) is 6.30. The molecule has 1 amide bonds. The molecule has 128 valence electrons. The second-order valence-corrected chi connectivity index (χ2v) is 5.22. The quantitative estimate of drug-likeness (QED) is 0.576. The van der Waals surface area contributed by atoms with Gasteiger partial charge in [0.1, 0.15) is 11.5 Å². The molecule has 8 heteroatoms. The molecule has 0 bridgehead atoms. The Morgan fingerprint density at radius 2 is 1.68 bits per heavy atom. The van der Waals surface area contributed by atoms with E-state index in [0.717, 1.165) is 6.07 Å². The van der Waals surface area contributed by atoms with Gasteiger partial charge in [-0.1, -0.05) is 0 Å². The third-order valence-electron chi connectivity index (χ3n) is 3.54. The van der Waals surface area contributed by atoms with Crippen LogP contribution in [-0.2, 0) is 7.05 Å². The van der Waals surface area contributed by atoms with Gasteiger partial charge < -0.3 is 5.32 Å². The first-order chi connectivity index (χ1) is 11.9. The maximum absolute atomic E-state index is 13.7. The van der Waals surface area contributed by atoms with E-state index in [1.807, 2.05) is 0 Å². The van der Waals surface area contributed by atoms with Crippen molar-refractivity contribution >= 4 is 11.6 Å². The number of halogens is 4. The minimum absolute atomic E-state index is 0.0588. The van der Waals surface area contributed by atoms with Gasteiger partial charge in [-0.2, -0.15) is 5.10 Å². The normalized spacial score (nSPS) is 10.8. The highest BCUT2D eigenvalue weighted by molar-refractivity contribution is 6.03. The molecular formula is C17H11F4N3O. The van der Waals surface area contributed by atoms with E-state index in [1.54, 1.807) is 0 Å². The molecular weight excluding hydrogens is 338 g/mol. The molecule has 1 heterocycles. The van der Waals surface area contributed by atoms with Crippen molar-refractivity contribution < 1.29 is 22.4 Å². The summed E-state index contributed by atoms with van der Waals surface area (Å²) in [6.07, 6.45) is 0. The molecule has 25 heavy (non-hydrogen) atoms. The van der Waals surface area contributed by atoms with Crippen molar-refractivity contribution in [3.8, 4) is 11.3 Å². The van der Waals surface area contributed by atoms with Crippen molar-refractivity contribution in [1.29, 1.82) is 0 Å². The lowest BCUT2D eigenvalue weighted by molar-refractivity contribution is 0.101. The first-order valence-corrected chi connectivity index (χ1v) is 7.11. The minimum atomic E-state index is -1.67. The van der Waals surface area contributed by atoms with E-state index in [4.69, 9.17) is 0 Å². The van der Waals surface area contributed by atoms with Crippen molar-refractivity contribution in [3.63, 3.8) is 0 Å². The summed E-state index contributed by atoms with van der Waals surface area (Å²) in [6.45, 7) is 0. The van der Waals surface area contributed by atoms with Crippen LogP contribution in [0.3, 0.4) is 0 Å². The Morgan fingerprint density at radius 1 is 1.00 bits per heavy atom. The van der Waals surface area contributed by atoms with Crippen molar-refractivity contribution in [3.05, 3.63) is 71.4 Å². The van der Waals surface area contributed by atoms with E-state index < -0.39 is 34.9 Å². The molecule has 1 N–H and O–H groups in total. The van der Waals surface area contributed by atoms with Gasteiger partial charge in [-0.25, -0.2) is 17.6 Å². The van der Waals surface area contributed by atoms with Crippen LogP contribution in [0.25, 0.3) is 11.3 Å². The molecule has 0 fully saturated rings. The highest BCUT2D eigenvalue weighted by Crippen LogP contribution is 2.22. The largest absolute Gasteiger partial charge is 0.318 e. The van der Waals surface area contributed by atoms with Crippen molar-refractivity contribution in [2.45, 2.75) is 0 Å². The van der Waals surface area contributed by atoms with Crippen LogP contribution in [0.2, 0.25) is 0 Å². The standard InChI is InChI=1S/C17H11F4N3O/c1-24-14(8-13(23-24)9-2-4-10(18)5-3-9)17(25)22-12-7-6-11(19)15(20)16(12)21/h2-8H,1H3,(H,22,25). The second-order valence-electron chi connectivity index (χ2n) is 5.22. The van der Waals surface area contributed by atoms with Crippen LogP contribution in [0.15, 0.2) is 42.5 Å². The summed E-state index contributed by atoms with van der Waals surface area (Å²) >= 11 is 0. The van der Waals surface area contributed by atoms with Gasteiger partial charge in [0.05, 0.1) is 11.4 Å². The number of rotatable bonds is 3. The lowest BCUT2D eigenvalue weighted by Crippen LogP contribution is -2.17. The smallest absolute Gasteiger partial charge is 0.274 e. The number of nitrogens with one attached hydrogen (secondary N) is 1. The van der Waals surface area contributed by atoms with Gasteiger partial charge in [0.15, 0.2) is 17.5 Å². The Kier molecular flexibility index (Phi) is 4.26. The van der Waals surface area contributed by atoms with E-state index in [9.17, 15) is 22.4 Å². The van der Waals surface area contributed by atoms with Crippen LogP contribution in [-0.4, -0.2) is 15.7 Å². The van der Waals surface area contributed by atoms with Gasteiger partial charge in [0.25, 0.3) is 5.91 Å². The zero-order valence-electron chi connectivity index (χ0n) is 12.9. The summed E-state index contributed by atoms with van der Waals surface area (Å²) in [7, 11) is 1.49. The first kappa shape index (κ1) is 16.7. The third-order valence-corrected chi connectivity index (χ3v) is 3.54. The molecule has 2 aromatic carbocycles. The summed E-state index contributed by atoms with van der Waals surface area (Å²) in [5.74, 6) is -5.68. The van der Waals surface area contributed by atoms with Gasteiger partial charge in [-0.05, 0) is 42.5 Å². The molecule has 4 nitrogen and oxygen atoms in total. The lowest BCUT2D eigenvalue weighted by Gasteiger charge is -2.07. The molecule has 0 unspecified atom stereocenters. The fourth-order valence-electron chi connectivity index (χ4n) is 2.25.